The van der Waals surface area contributed by atoms with Gasteiger partial charge in [-0.1, -0.05) is 43.7 Å². The van der Waals surface area contributed by atoms with Crippen LogP contribution in [0.5, 0.6) is 0 Å². The largest absolute Gasteiger partial charge is 0.453 e. The smallest absolute Gasteiger partial charge is 0.410 e. The van der Waals surface area contributed by atoms with Gasteiger partial charge in [0.15, 0.2) is 0 Å². The van der Waals surface area contributed by atoms with Gasteiger partial charge in [0.25, 0.3) is 5.91 Å². The molecule has 2 aromatic carbocycles. The normalized spacial score (nSPS) is 16.9. The van der Waals surface area contributed by atoms with Crippen LogP contribution in [0.2, 0.25) is 0 Å². The van der Waals surface area contributed by atoms with Crippen molar-refractivity contribution < 1.29 is 14.3 Å². The van der Waals surface area contributed by atoms with Gasteiger partial charge in [0.1, 0.15) is 0 Å². The summed E-state index contributed by atoms with van der Waals surface area (Å²) in [6.45, 7) is 3.55. The summed E-state index contributed by atoms with van der Waals surface area (Å²) >= 11 is 1.43. The highest BCUT2D eigenvalue weighted by atomic mass is 32.1. The van der Waals surface area contributed by atoms with E-state index in [1.807, 2.05) is 40.6 Å². The average Bonchev–Trinajstić information content (AvgIpc) is 3.50. The van der Waals surface area contributed by atoms with Crippen LogP contribution in [-0.2, 0) is 11.3 Å². The minimum Gasteiger partial charge on any atom is -0.453 e. The molecule has 0 unspecified atom stereocenters. The number of hydrogen-bond donors (Lipinski definition) is 2. The van der Waals surface area contributed by atoms with Crippen LogP contribution in [0, 0.1) is 0 Å². The van der Waals surface area contributed by atoms with Crippen molar-refractivity contribution in [3.05, 3.63) is 70.4 Å². The number of unbranched alkanes of at least 4 members (excludes halogenated alkanes) is 1. The van der Waals surface area contributed by atoms with Gasteiger partial charge < -0.3 is 25.6 Å². The molecule has 1 aromatic heterocycles. The van der Waals surface area contributed by atoms with E-state index in [9.17, 15) is 9.59 Å². The van der Waals surface area contributed by atoms with Crippen LogP contribution in [0.3, 0.4) is 0 Å². The number of thiophene rings is 1. The molecular weight excluding hydrogens is 508 g/mol. The van der Waals surface area contributed by atoms with Gasteiger partial charge >= 0.3 is 6.09 Å². The Morgan fingerprint density at radius 3 is 2.51 bits per heavy atom. The number of nitrogens with zero attached hydrogens (tertiary/aromatic N) is 2. The van der Waals surface area contributed by atoms with Crippen LogP contribution in [0.15, 0.2) is 60.0 Å². The van der Waals surface area contributed by atoms with Crippen molar-refractivity contribution in [1.29, 1.82) is 0 Å². The van der Waals surface area contributed by atoms with E-state index in [4.69, 9.17) is 10.5 Å². The second-order valence-corrected chi connectivity index (χ2v) is 11.3. The summed E-state index contributed by atoms with van der Waals surface area (Å²) in [7, 11) is 3.50. The number of ether oxygens (including phenoxy) is 1. The Hall–Kier alpha value is -3.36. The maximum atomic E-state index is 13.0. The molecule has 3 aromatic rings. The molecular formula is C31H40N4O3S. The van der Waals surface area contributed by atoms with E-state index in [0.29, 0.717) is 11.4 Å². The van der Waals surface area contributed by atoms with Crippen LogP contribution >= 0.6 is 11.3 Å². The Morgan fingerprint density at radius 2 is 1.82 bits per heavy atom. The molecule has 1 saturated carbocycles. The first-order chi connectivity index (χ1) is 18.9. The SMILES string of the molecule is CCCCN(C)c1ccc(-c2cccc(CN(C(=O)OC)C3CCC(N)CC3)c2)cc1NC(=O)c1cccs1. The number of rotatable bonds is 10. The fourth-order valence-electron chi connectivity index (χ4n) is 5.18. The molecule has 0 aliphatic heterocycles. The molecule has 7 nitrogen and oxygen atoms in total. The predicted octanol–water partition coefficient (Wildman–Crippen LogP) is 6.74. The van der Waals surface area contributed by atoms with Gasteiger partial charge in [0, 0.05) is 32.2 Å². The van der Waals surface area contributed by atoms with Crippen molar-refractivity contribution in [3.63, 3.8) is 0 Å². The Labute approximate surface area is 236 Å². The van der Waals surface area contributed by atoms with Crippen LogP contribution in [0.4, 0.5) is 16.2 Å². The Balaban J connectivity index is 1.60. The number of hydrogen-bond acceptors (Lipinski definition) is 6. The topological polar surface area (TPSA) is 87.9 Å². The number of carbonyl (C=O) groups excluding carboxylic acids is 2. The summed E-state index contributed by atoms with van der Waals surface area (Å²) in [6.07, 6.45) is 5.46. The molecule has 0 radical (unpaired) electrons. The third-order valence-electron chi connectivity index (χ3n) is 7.45. The summed E-state index contributed by atoms with van der Waals surface area (Å²) in [4.78, 5) is 30.4. The predicted molar refractivity (Wildman–Crippen MR) is 161 cm³/mol. The molecule has 3 N–H and O–H groups in total. The average molecular weight is 549 g/mol. The van der Waals surface area contributed by atoms with E-state index in [2.05, 4.69) is 48.5 Å². The quantitative estimate of drug-likeness (QED) is 0.293. The van der Waals surface area contributed by atoms with E-state index in [-0.39, 0.29) is 24.1 Å². The first-order valence-corrected chi connectivity index (χ1v) is 14.7. The van der Waals surface area contributed by atoms with Crippen molar-refractivity contribution in [1.82, 2.24) is 4.90 Å². The molecule has 208 valence electrons. The molecule has 1 aliphatic carbocycles. The lowest BCUT2D eigenvalue weighted by atomic mass is 9.90. The van der Waals surface area contributed by atoms with E-state index < -0.39 is 0 Å². The minimum absolute atomic E-state index is 0.109. The van der Waals surface area contributed by atoms with Crippen molar-refractivity contribution in [3.8, 4) is 11.1 Å². The number of carbonyl (C=O) groups is 2. The highest BCUT2D eigenvalue weighted by Crippen LogP contribution is 2.33. The fourth-order valence-corrected chi connectivity index (χ4v) is 5.79. The zero-order valence-electron chi connectivity index (χ0n) is 23.2. The first-order valence-electron chi connectivity index (χ1n) is 13.8. The third-order valence-corrected chi connectivity index (χ3v) is 8.32. The second kappa shape index (κ2) is 13.6. The van der Waals surface area contributed by atoms with Gasteiger partial charge in [-0.15, -0.1) is 11.3 Å². The number of benzene rings is 2. The lowest BCUT2D eigenvalue weighted by molar-refractivity contribution is 0.0879. The molecule has 0 atom stereocenters. The van der Waals surface area contributed by atoms with E-state index in [0.717, 1.165) is 73.1 Å². The van der Waals surface area contributed by atoms with Crippen LogP contribution < -0.4 is 16.0 Å². The van der Waals surface area contributed by atoms with Gasteiger partial charge in [0.2, 0.25) is 0 Å². The zero-order chi connectivity index (χ0) is 27.8. The molecule has 4 rings (SSSR count). The number of anilines is 2. The molecule has 0 spiro atoms. The third kappa shape index (κ3) is 7.40. The van der Waals surface area contributed by atoms with Gasteiger partial charge in [-0.3, -0.25) is 4.79 Å². The monoisotopic (exact) mass is 548 g/mol. The number of methoxy groups -OCH3 is 1. The second-order valence-electron chi connectivity index (χ2n) is 10.3. The highest BCUT2D eigenvalue weighted by molar-refractivity contribution is 7.12. The summed E-state index contributed by atoms with van der Waals surface area (Å²) in [5.41, 5.74) is 10.9. The van der Waals surface area contributed by atoms with E-state index in [1.54, 1.807) is 0 Å². The molecule has 2 amide bonds. The summed E-state index contributed by atoms with van der Waals surface area (Å²) in [5, 5.41) is 5.05. The molecule has 0 bridgehead atoms. The van der Waals surface area contributed by atoms with Crippen LogP contribution in [0.25, 0.3) is 11.1 Å². The minimum atomic E-state index is -0.307. The van der Waals surface area contributed by atoms with Gasteiger partial charge in [-0.25, -0.2) is 4.79 Å². The molecule has 1 aliphatic rings. The fraction of sp³-hybridized carbons (Fsp3) is 0.419. The van der Waals surface area contributed by atoms with Crippen molar-refractivity contribution in [2.45, 2.75) is 64.1 Å². The molecule has 8 heteroatoms. The van der Waals surface area contributed by atoms with Gasteiger partial charge in [-0.05, 0) is 78.4 Å². The molecule has 1 fully saturated rings. The summed E-state index contributed by atoms with van der Waals surface area (Å²) in [5.74, 6) is -0.109. The summed E-state index contributed by atoms with van der Waals surface area (Å²) in [6, 6.07) is 18.5. The highest BCUT2D eigenvalue weighted by Gasteiger charge is 2.28. The van der Waals surface area contributed by atoms with Crippen LogP contribution in [0.1, 0.15) is 60.7 Å². The molecule has 39 heavy (non-hydrogen) atoms. The van der Waals surface area contributed by atoms with E-state index >= 15 is 0 Å². The maximum Gasteiger partial charge on any atom is 0.410 e. The maximum absolute atomic E-state index is 13.0. The molecule has 0 saturated heterocycles. The summed E-state index contributed by atoms with van der Waals surface area (Å²) < 4.78 is 5.14. The van der Waals surface area contributed by atoms with Crippen molar-refractivity contribution in [2.24, 2.45) is 5.73 Å². The van der Waals surface area contributed by atoms with Crippen LogP contribution in [-0.4, -0.2) is 49.7 Å². The molecule has 1 heterocycles. The van der Waals surface area contributed by atoms with Crippen molar-refractivity contribution >= 4 is 34.7 Å². The number of nitrogens with two attached hydrogens (primary N) is 1. The Kier molecular flexibility index (Phi) is 10.0. The number of amides is 2. The van der Waals surface area contributed by atoms with Gasteiger partial charge in [0.05, 0.1) is 23.4 Å². The number of nitrogens with one attached hydrogen (secondary N) is 1. The first kappa shape index (κ1) is 28.6. The zero-order valence-corrected chi connectivity index (χ0v) is 24.0. The van der Waals surface area contributed by atoms with Crippen molar-refractivity contribution in [2.75, 3.05) is 30.9 Å². The standard InChI is InChI=1S/C31H40N4O3S/c1-4-5-17-34(2)28-16-11-24(20-27(28)33-30(36)29-10-7-18-39-29)23-9-6-8-22(19-23)21-35(31(37)38-3)26-14-12-25(32)13-15-26/h6-11,16,18-20,25-26H,4-5,12-15,17,21,32H2,1-3H3,(H,33,36). The lowest BCUT2D eigenvalue weighted by Crippen LogP contribution is -2.43. The van der Waals surface area contributed by atoms with E-state index in [1.165, 1.54) is 18.4 Å². The Bertz CT molecular complexity index is 1240. The Morgan fingerprint density at radius 1 is 1.05 bits per heavy atom. The van der Waals surface area contributed by atoms with Gasteiger partial charge in [-0.2, -0.15) is 0 Å². The lowest BCUT2D eigenvalue weighted by Gasteiger charge is -2.35.